The summed E-state index contributed by atoms with van der Waals surface area (Å²) in [5.74, 6) is 1.01. The minimum Gasteiger partial charge on any atom is -0.381 e. The number of halogens is 1. The lowest BCUT2D eigenvalue weighted by Gasteiger charge is -2.35. The molecule has 0 radical (unpaired) electrons. The summed E-state index contributed by atoms with van der Waals surface area (Å²) in [6.45, 7) is 7.51. The molecule has 2 atom stereocenters. The van der Waals surface area contributed by atoms with Gasteiger partial charge in [0, 0.05) is 38.8 Å². The first kappa shape index (κ1) is 18.7. The summed E-state index contributed by atoms with van der Waals surface area (Å²) in [6.07, 6.45) is 2.75. The van der Waals surface area contributed by atoms with Gasteiger partial charge in [0.15, 0.2) is 0 Å². The van der Waals surface area contributed by atoms with Crippen molar-refractivity contribution < 1.29 is 14.3 Å². The van der Waals surface area contributed by atoms with E-state index in [4.69, 9.17) is 15.2 Å². The van der Waals surface area contributed by atoms with Gasteiger partial charge in [0.25, 0.3) is 0 Å². The number of rotatable bonds is 5. The molecule has 6 heteroatoms. The van der Waals surface area contributed by atoms with Crippen LogP contribution in [0.25, 0.3) is 0 Å². The number of carbonyl (C=O) groups excluding carboxylic acids is 1. The SMILES string of the molecule is CC(C)C1OCCC1CNC(=O)C1(CN)CCOCC1.Cl. The topological polar surface area (TPSA) is 73.6 Å². The molecular formula is C15H29ClN2O3. The molecule has 124 valence electrons. The van der Waals surface area contributed by atoms with Crippen molar-refractivity contribution in [2.75, 3.05) is 32.9 Å². The van der Waals surface area contributed by atoms with Crippen molar-refractivity contribution in [3.63, 3.8) is 0 Å². The fraction of sp³-hybridized carbons (Fsp3) is 0.933. The lowest BCUT2D eigenvalue weighted by molar-refractivity contribution is -0.136. The van der Waals surface area contributed by atoms with Crippen LogP contribution in [0.2, 0.25) is 0 Å². The number of ether oxygens (including phenoxy) is 2. The molecule has 2 saturated heterocycles. The van der Waals surface area contributed by atoms with Crippen LogP contribution in [-0.4, -0.2) is 44.9 Å². The van der Waals surface area contributed by atoms with E-state index in [9.17, 15) is 4.79 Å². The Hall–Kier alpha value is -0.360. The molecule has 0 spiro atoms. The first-order chi connectivity index (χ1) is 9.59. The Balaban J connectivity index is 0.00000220. The Morgan fingerprint density at radius 3 is 2.57 bits per heavy atom. The summed E-state index contributed by atoms with van der Waals surface area (Å²) in [5.41, 5.74) is 5.43. The lowest BCUT2D eigenvalue weighted by atomic mass is 9.79. The summed E-state index contributed by atoms with van der Waals surface area (Å²) in [5, 5.41) is 3.12. The van der Waals surface area contributed by atoms with Crippen LogP contribution >= 0.6 is 12.4 Å². The molecule has 21 heavy (non-hydrogen) atoms. The largest absolute Gasteiger partial charge is 0.381 e. The summed E-state index contributed by atoms with van der Waals surface area (Å²) in [4.78, 5) is 12.5. The molecule has 0 aromatic heterocycles. The summed E-state index contributed by atoms with van der Waals surface area (Å²) < 4.78 is 11.1. The molecule has 0 aromatic rings. The van der Waals surface area contributed by atoms with Gasteiger partial charge in [-0.1, -0.05) is 13.8 Å². The van der Waals surface area contributed by atoms with E-state index in [1.807, 2.05) is 0 Å². The molecule has 3 N–H and O–H groups in total. The monoisotopic (exact) mass is 320 g/mol. The Morgan fingerprint density at radius 2 is 2.00 bits per heavy atom. The highest BCUT2D eigenvalue weighted by atomic mass is 35.5. The minimum absolute atomic E-state index is 0. The third-order valence-electron chi connectivity index (χ3n) is 4.77. The zero-order valence-corrected chi connectivity index (χ0v) is 13.9. The van der Waals surface area contributed by atoms with E-state index in [2.05, 4.69) is 19.2 Å². The number of amides is 1. The summed E-state index contributed by atoms with van der Waals surface area (Å²) in [7, 11) is 0. The summed E-state index contributed by atoms with van der Waals surface area (Å²) in [6, 6.07) is 0. The fourth-order valence-electron chi connectivity index (χ4n) is 3.31. The van der Waals surface area contributed by atoms with Crippen LogP contribution in [0.1, 0.15) is 33.1 Å². The number of hydrogen-bond donors (Lipinski definition) is 2. The Bertz CT molecular complexity index is 333. The third kappa shape index (κ3) is 4.31. The second-order valence-corrected chi connectivity index (χ2v) is 6.44. The van der Waals surface area contributed by atoms with Gasteiger partial charge in [-0.3, -0.25) is 4.79 Å². The van der Waals surface area contributed by atoms with Crippen LogP contribution in [0.5, 0.6) is 0 Å². The number of hydrogen-bond acceptors (Lipinski definition) is 4. The van der Waals surface area contributed by atoms with E-state index in [1.54, 1.807) is 0 Å². The molecule has 2 heterocycles. The van der Waals surface area contributed by atoms with Gasteiger partial charge in [0.1, 0.15) is 0 Å². The average Bonchev–Trinajstić information content (AvgIpc) is 2.94. The van der Waals surface area contributed by atoms with Gasteiger partial charge in [-0.05, 0) is 25.2 Å². The maximum Gasteiger partial charge on any atom is 0.227 e. The minimum atomic E-state index is -0.426. The van der Waals surface area contributed by atoms with Crippen LogP contribution < -0.4 is 11.1 Å². The molecule has 2 fully saturated rings. The molecule has 0 aromatic carbocycles. The van der Waals surface area contributed by atoms with Gasteiger partial charge in [0.2, 0.25) is 5.91 Å². The predicted molar refractivity (Wildman–Crippen MR) is 84.5 cm³/mol. The molecule has 0 aliphatic carbocycles. The number of nitrogens with one attached hydrogen (secondary N) is 1. The molecule has 2 aliphatic heterocycles. The molecule has 5 nitrogen and oxygen atoms in total. The van der Waals surface area contributed by atoms with Gasteiger partial charge in [-0.2, -0.15) is 0 Å². The van der Waals surface area contributed by atoms with E-state index in [0.29, 0.717) is 38.1 Å². The second-order valence-electron chi connectivity index (χ2n) is 6.44. The Morgan fingerprint density at radius 1 is 1.33 bits per heavy atom. The highest BCUT2D eigenvalue weighted by molar-refractivity contribution is 5.85. The standard InChI is InChI=1S/C15H28N2O3.ClH/c1-11(2)13-12(3-6-20-13)9-17-14(18)15(10-16)4-7-19-8-5-15;/h11-13H,3-10,16H2,1-2H3,(H,17,18);1H. The van der Waals surface area contributed by atoms with Gasteiger partial charge in [0.05, 0.1) is 11.5 Å². The highest BCUT2D eigenvalue weighted by Gasteiger charge is 2.39. The van der Waals surface area contributed by atoms with E-state index in [1.165, 1.54) is 0 Å². The van der Waals surface area contributed by atoms with E-state index < -0.39 is 5.41 Å². The van der Waals surface area contributed by atoms with Crippen LogP contribution in [0, 0.1) is 17.3 Å². The van der Waals surface area contributed by atoms with Crippen LogP contribution in [0.15, 0.2) is 0 Å². The Labute approximate surface area is 133 Å². The molecule has 1 amide bonds. The molecule has 2 rings (SSSR count). The van der Waals surface area contributed by atoms with Crippen molar-refractivity contribution in [2.24, 2.45) is 23.0 Å². The van der Waals surface area contributed by atoms with E-state index in [-0.39, 0.29) is 24.4 Å². The smallest absolute Gasteiger partial charge is 0.227 e. The molecule has 2 unspecified atom stereocenters. The maximum absolute atomic E-state index is 12.5. The van der Waals surface area contributed by atoms with Crippen molar-refractivity contribution >= 4 is 18.3 Å². The van der Waals surface area contributed by atoms with Gasteiger partial charge < -0.3 is 20.5 Å². The normalized spacial score (nSPS) is 28.2. The second kappa shape index (κ2) is 8.32. The first-order valence-electron chi connectivity index (χ1n) is 7.77. The third-order valence-corrected chi connectivity index (χ3v) is 4.77. The first-order valence-corrected chi connectivity index (χ1v) is 7.77. The van der Waals surface area contributed by atoms with E-state index >= 15 is 0 Å². The van der Waals surface area contributed by atoms with Crippen molar-refractivity contribution in [3.8, 4) is 0 Å². The highest BCUT2D eigenvalue weighted by Crippen LogP contribution is 2.30. The van der Waals surface area contributed by atoms with Crippen molar-refractivity contribution in [1.82, 2.24) is 5.32 Å². The van der Waals surface area contributed by atoms with Crippen LogP contribution in [0.3, 0.4) is 0 Å². The zero-order chi connectivity index (χ0) is 14.6. The molecular weight excluding hydrogens is 292 g/mol. The lowest BCUT2D eigenvalue weighted by Crippen LogP contribution is -2.50. The summed E-state index contributed by atoms with van der Waals surface area (Å²) >= 11 is 0. The van der Waals surface area contributed by atoms with Crippen LogP contribution in [0.4, 0.5) is 0 Å². The van der Waals surface area contributed by atoms with Crippen molar-refractivity contribution in [2.45, 2.75) is 39.2 Å². The zero-order valence-electron chi connectivity index (χ0n) is 13.1. The quantitative estimate of drug-likeness (QED) is 0.802. The number of carbonyl (C=O) groups is 1. The van der Waals surface area contributed by atoms with Gasteiger partial charge in [-0.15, -0.1) is 12.4 Å². The molecule has 2 aliphatic rings. The van der Waals surface area contributed by atoms with Gasteiger partial charge >= 0.3 is 0 Å². The fourth-order valence-corrected chi connectivity index (χ4v) is 3.31. The Kier molecular flexibility index (Phi) is 7.40. The predicted octanol–water partition coefficient (Wildman–Crippen LogP) is 1.34. The maximum atomic E-state index is 12.5. The average molecular weight is 321 g/mol. The van der Waals surface area contributed by atoms with Crippen LogP contribution in [-0.2, 0) is 14.3 Å². The number of nitrogens with two attached hydrogens (primary N) is 1. The van der Waals surface area contributed by atoms with Crippen molar-refractivity contribution in [3.05, 3.63) is 0 Å². The molecule has 0 saturated carbocycles. The van der Waals surface area contributed by atoms with E-state index in [0.717, 1.165) is 25.9 Å². The van der Waals surface area contributed by atoms with Crippen molar-refractivity contribution in [1.29, 1.82) is 0 Å². The molecule has 0 bridgehead atoms. The van der Waals surface area contributed by atoms with Gasteiger partial charge in [-0.25, -0.2) is 0 Å².